The second-order valence-corrected chi connectivity index (χ2v) is 18.7. The maximum absolute atomic E-state index is 13.2. The zero-order valence-electron chi connectivity index (χ0n) is 43.3. The SMILES string of the molecule is CCCCC/C=C\C/C=C\CCCCCCCC(=O)OCC(COC(=O)CCCCCCC/C=C\C/C=C\CCCCC)OC(=O)CCC(CCCCCCCC)OC(=O)NCCN1CCC1. The Balaban J connectivity index is 2.56. The molecular weight excluding hydrogens is 841 g/mol. The molecule has 386 valence electrons. The second kappa shape index (κ2) is 47.7. The summed E-state index contributed by atoms with van der Waals surface area (Å²) in [4.78, 5) is 53.8. The minimum atomic E-state index is -0.919. The number of nitrogens with zero attached hydrogens (tertiary/aromatic N) is 1. The molecule has 1 N–H and O–H groups in total. The third kappa shape index (κ3) is 42.4. The summed E-state index contributed by atoms with van der Waals surface area (Å²) in [6, 6.07) is 0. The summed E-state index contributed by atoms with van der Waals surface area (Å²) >= 11 is 0. The van der Waals surface area contributed by atoms with Crippen LogP contribution < -0.4 is 5.32 Å². The van der Waals surface area contributed by atoms with Crippen molar-refractivity contribution < 1.29 is 38.1 Å². The number of esters is 3. The summed E-state index contributed by atoms with van der Waals surface area (Å²) in [6.45, 7) is 9.74. The van der Waals surface area contributed by atoms with Crippen molar-refractivity contribution in [2.45, 2.75) is 251 Å². The van der Waals surface area contributed by atoms with Crippen molar-refractivity contribution in [2.75, 3.05) is 39.4 Å². The molecule has 10 nitrogen and oxygen atoms in total. The quantitative estimate of drug-likeness (QED) is 0.0275. The van der Waals surface area contributed by atoms with E-state index in [2.05, 4.69) is 79.6 Å². The van der Waals surface area contributed by atoms with Crippen LogP contribution in [-0.4, -0.2) is 80.5 Å². The van der Waals surface area contributed by atoms with Gasteiger partial charge in [0.05, 0.1) is 0 Å². The van der Waals surface area contributed by atoms with Gasteiger partial charge in [-0.25, -0.2) is 4.79 Å². The monoisotopic (exact) mass is 941 g/mol. The van der Waals surface area contributed by atoms with Crippen molar-refractivity contribution in [3.63, 3.8) is 0 Å². The summed E-state index contributed by atoms with van der Waals surface area (Å²) in [5.41, 5.74) is 0. The molecule has 1 aliphatic rings. The fraction of sp³-hybridized carbons (Fsp3) is 0.789. The maximum atomic E-state index is 13.2. The van der Waals surface area contributed by atoms with Gasteiger partial charge in [0, 0.05) is 32.4 Å². The number of hydrogen-bond donors (Lipinski definition) is 1. The standard InChI is InChI=1S/C57H100N2O8/c1-4-7-10-13-16-18-20-22-24-26-28-30-32-35-38-42-54(60)64-50-53(51-65-55(61)43-39-36-33-31-29-27-25-23-21-19-17-14-11-8-5-2)66-56(62)45-44-52(41-37-34-15-12-9-6-3)67-57(63)58-46-49-59-47-40-48-59/h16-19,22-25,52-53H,4-15,20-21,26-51H2,1-3H3,(H,58,63)/b18-16-,19-17-,24-22-,25-23-. The van der Waals surface area contributed by atoms with Crippen LogP contribution in [0.4, 0.5) is 4.79 Å². The molecule has 1 aliphatic heterocycles. The van der Waals surface area contributed by atoms with Crippen LogP contribution in [0.3, 0.4) is 0 Å². The van der Waals surface area contributed by atoms with E-state index in [1.165, 1.54) is 77.0 Å². The Morgan fingerprint density at radius 1 is 0.463 bits per heavy atom. The average Bonchev–Trinajstić information content (AvgIpc) is 3.30. The van der Waals surface area contributed by atoms with Crippen LogP contribution >= 0.6 is 0 Å². The largest absolute Gasteiger partial charge is 0.462 e. The Labute approximate surface area is 410 Å². The molecule has 1 rings (SSSR count). The number of amides is 1. The highest BCUT2D eigenvalue weighted by molar-refractivity contribution is 5.71. The van der Waals surface area contributed by atoms with Crippen molar-refractivity contribution in [2.24, 2.45) is 0 Å². The van der Waals surface area contributed by atoms with Crippen molar-refractivity contribution in [3.8, 4) is 0 Å². The number of carbonyl (C=O) groups is 4. The van der Waals surface area contributed by atoms with E-state index in [1.807, 2.05) is 0 Å². The zero-order chi connectivity index (χ0) is 48.5. The number of nitrogens with one attached hydrogen (secondary N) is 1. The van der Waals surface area contributed by atoms with Gasteiger partial charge in [0.2, 0.25) is 0 Å². The van der Waals surface area contributed by atoms with Crippen molar-refractivity contribution in [1.82, 2.24) is 10.2 Å². The van der Waals surface area contributed by atoms with Crippen molar-refractivity contribution in [3.05, 3.63) is 48.6 Å². The van der Waals surface area contributed by atoms with Crippen LogP contribution in [0, 0.1) is 0 Å². The van der Waals surface area contributed by atoms with E-state index in [0.717, 1.165) is 129 Å². The summed E-state index contributed by atoms with van der Waals surface area (Å²) < 4.78 is 22.7. The van der Waals surface area contributed by atoms with Gasteiger partial charge < -0.3 is 29.2 Å². The average molecular weight is 941 g/mol. The van der Waals surface area contributed by atoms with E-state index in [9.17, 15) is 19.2 Å². The molecule has 0 aromatic rings. The Hall–Kier alpha value is -3.40. The third-order valence-corrected chi connectivity index (χ3v) is 12.3. The molecule has 0 bridgehead atoms. The number of likely N-dealkylation sites (tertiary alicyclic amines) is 1. The molecule has 1 unspecified atom stereocenters. The Morgan fingerprint density at radius 3 is 1.37 bits per heavy atom. The molecule has 67 heavy (non-hydrogen) atoms. The van der Waals surface area contributed by atoms with E-state index in [-0.39, 0.29) is 44.4 Å². The third-order valence-electron chi connectivity index (χ3n) is 12.3. The maximum Gasteiger partial charge on any atom is 0.407 e. The molecule has 0 aromatic carbocycles. The van der Waals surface area contributed by atoms with Crippen LogP contribution in [0.2, 0.25) is 0 Å². The summed E-state index contributed by atoms with van der Waals surface area (Å²) in [5.74, 6) is -1.21. The van der Waals surface area contributed by atoms with Crippen LogP contribution in [0.1, 0.15) is 239 Å². The molecule has 0 saturated carbocycles. The highest BCUT2D eigenvalue weighted by Crippen LogP contribution is 2.17. The Morgan fingerprint density at radius 2 is 0.896 bits per heavy atom. The number of alkyl carbamates (subject to hydrolysis) is 1. The topological polar surface area (TPSA) is 120 Å². The van der Waals surface area contributed by atoms with Gasteiger partial charge >= 0.3 is 24.0 Å². The molecule has 1 heterocycles. The minimum Gasteiger partial charge on any atom is -0.462 e. The lowest BCUT2D eigenvalue weighted by atomic mass is 10.0. The lowest BCUT2D eigenvalue weighted by molar-refractivity contribution is -0.167. The predicted octanol–water partition coefficient (Wildman–Crippen LogP) is 14.9. The highest BCUT2D eigenvalue weighted by atomic mass is 16.6. The molecule has 0 aromatic heterocycles. The Bertz CT molecular complexity index is 1250. The number of carbonyl (C=O) groups excluding carboxylic acids is 4. The number of rotatable bonds is 47. The van der Waals surface area contributed by atoms with Crippen LogP contribution in [0.5, 0.6) is 0 Å². The smallest absolute Gasteiger partial charge is 0.407 e. The van der Waals surface area contributed by atoms with Crippen LogP contribution in [0.25, 0.3) is 0 Å². The fourth-order valence-corrected chi connectivity index (χ4v) is 7.85. The molecular formula is C57H100N2O8. The van der Waals surface area contributed by atoms with Gasteiger partial charge in [-0.05, 0) is 116 Å². The lowest BCUT2D eigenvalue weighted by Gasteiger charge is -2.30. The summed E-state index contributed by atoms with van der Waals surface area (Å²) in [7, 11) is 0. The van der Waals surface area contributed by atoms with E-state index in [0.29, 0.717) is 19.4 Å². The lowest BCUT2D eigenvalue weighted by Crippen LogP contribution is -2.43. The van der Waals surface area contributed by atoms with Gasteiger partial charge in [-0.3, -0.25) is 14.4 Å². The van der Waals surface area contributed by atoms with Gasteiger partial charge in [-0.2, -0.15) is 0 Å². The molecule has 1 atom stereocenters. The van der Waals surface area contributed by atoms with E-state index < -0.39 is 24.3 Å². The molecule has 1 amide bonds. The van der Waals surface area contributed by atoms with E-state index >= 15 is 0 Å². The number of allylic oxidation sites excluding steroid dienone is 8. The molecule has 0 aliphatic carbocycles. The first kappa shape index (κ1) is 61.6. The zero-order valence-corrected chi connectivity index (χ0v) is 43.3. The minimum absolute atomic E-state index is 0.0257. The normalized spacial score (nSPS) is 13.6. The first-order valence-electron chi connectivity index (χ1n) is 27.6. The molecule has 0 radical (unpaired) electrons. The number of hydrogen-bond acceptors (Lipinski definition) is 9. The van der Waals surface area contributed by atoms with E-state index in [4.69, 9.17) is 18.9 Å². The first-order valence-corrected chi connectivity index (χ1v) is 27.6. The number of ether oxygens (including phenoxy) is 4. The molecule has 10 heteroatoms. The van der Waals surface area contributed by atoms with Crippen molar-refractivity contribution in [1.29, 1.82) is 0 Å². The number of unbranched alkanes of at least 4 members (excludes halogenated alkanes) is 21. The fourth-order valence-electron chi connectivity index (χ4n) is 7.85. The van der Waals surface area contributed by atoms with Gasteiger partial charge in [0.25, 0.3) is 0 Å². The second-order valence-electron chi connectivity index (χ2n) is 18.7. The van der Waals surface area contributed by atoms with Crippen molar-refractivity contribution >= 4 is 24.0 Å². The summed E-state index contributed by atoms with van der Waals surface area (Å²) in [5, 5.41) is 2.87. The van der Waals surface area contributed by atoms with Gasteiger partial charge in [-0.1, -0.05) is 166 Å². The van der Waals surface area contributed by atoms with E-state index in [1.54, 1.807) is 0 Å². The van der Waals surface area contributed by atoms with Crippen LogP contribution in [0.15, 0.2) is 48.6 Å². The van der Waals surface area contributed by atoms with Crippen LogP contribution in [-0.2, 0) is 33.3 Å². The van der Waals surface area contributed by atoms with Gasteiger partial charge in [0.15, 0.2) is 6.10 Å². The predicted molar refractivity (Wildman–Crippen MR) is 277 cm³/mol. The Kier molecular flexibility index (Phi) is 43.8. The molecule has 0 spiro atoms. The summed E-state index contributed by atoms with van der Waals surface area (Å²) in [6.07, 6.45) is 50.0. The van der Waals surface area contributed by atoms with Gasteiger partial charge in [0.1, 0.15) is 19.3 Å². The molecule has 1 fully saturated rings. The first-order chi connectivity index (χ1) is 32.9. The molecule has 1 saturated heterocycles. The highest BCUT2D eigenvalue weighted by Gasteiger charge is 2.22. The van der Waals surface area contributed by atoms with Gasteiger partial charge in [-0.15, -0.1) is 0 Å².